The molecule has 1 aromatic rings. The summed E-state index contributed by atoms with van der Waals surface area (Å²) in [5, 5.41) is 0. The number of hydrogen-bond donors (Lipinski definition) is 0. The van der Waals surface area contributed by atoms with Gasteiger partial charge >= 0.3 is 17.9 Å². The first-order valence-electron chi connectivity index (χ1n) is 8.48. The number of esters is 3. The van der Waals surface area contributed by atoms with E-state index in [4.69, 9.17) is 18.9 Å². The van der Waals surface area contributed by atoms with Crippen molar-refractivity contribution in [2.45, 2.75) is 56.3 Å². The second-order valence-corrected chi connectivity index (χ2v) is 7.33. The van der Waals surface area contributed by atoms with E-state index in [0.29, 0.717) is 0 Å². The van der Waals surface area contributed by atoms with Crippen molar-refractivity contribution in [2.24, 2.45) is 5.92 Å². The smallest absolute Gasteiger partial charge is 0.303 e. The third-order valence-electron chi connectivity index (χ3n) is 3.94. The fourth-order valence-corrected chi connectivity index (χ4v) is 3.99. The largest absolute Gasteiger partial charge is 0.463 e. The minimum absolute atomic E-state index is 0.0716. The molecule has 3 unspecified atom stereocenters. The second kappa shape index (κ2) is 9.70. The van der Waals surface area contributed by atoms with Crippen LogP contribution in [0.3, 0.4) is 0 Å². The van der Waals surface area contributed by atoms with Crippen LogP contribution in [0.15, 0.2) is 29.4 Å². The third-order valence-corrected chi connectivity index (χ3v) is 5.09. The minimum Gasteiger partial charge on any atom is -0.463 e. The summed E-state index contributed by atoms with van der Waals surface area (Å²) in [7, 11) is 0. The molecule has 0 bridgehead atoms. The molecule has 148 valence electrons. The Labute approximate surface area is 161 Å². The molecule has 0 N–H and O–H groups in total. The summed E-state index contributed by atoms with van der Waals surface area (Å²) >= 11 is 1.36. The predicted molar refractivity (Wildman–Crippen MR) is 95.7 cm³/mol. The van der Waals surface area contributed by atoms with Gasteiger partial charge in [0.1, 0.15) is 30.4 Å². The Morgan fingerprint density at radius 3 is 2.19 bits per heavy atom. The molecule has 2 rings (SSSR count). The molecule has 27 heavy (non-hydrogen) atoms. The molecule has 0 amide bonds. The number of hydrogen-bond acceptors (Lipinski definition) is 9. The maximum absolute atomic E-state index is 11.6. The number of rotatable bonds is 6. The second-order valence-electron chi connectivity index (χ2n) is 6.15. The Kier molecular flexibility index (Phi) is 7.61. The number of carbonyl (C=O) groups is 3. The van der Waals surface area contributed by atoms with Gasteiger partial charge in [-0.1, -0.05) is 18.7 Å². The van der Waals surface area contributed by atoms with Crippen molar-refractivity contribution in [3.8, 4) is 0 Å². The zero-order chi connectivity index (χ0) is 20.0. The predicted octanol–water partition coefficient (Wildman–Crippen LogP) is 1.96. The summed E-state index contributed by atoms with van der Waals surface area (Å²) in [5.74, 6) is -1.79. The van der Waals surface area contributed by atoms with E-state index in [-0.39, 0.29) is 12.5 Å². The zero-order valence-corrected chi connectivity index (χ0v) is 16.4. The molecule has 0 radical (unpaired) electrons. The highest BCUT2D eigenvalue weighted by Crippen LogP contribution is 2.38. The van der Waals surface area contributed by atoms with Crippen molar-refractivity contribution in [1.29, 1.82) is 0 Å². The number of aromatic nitrogens is 1. The molecule has 1 saturated heterocycles. The quantitative estimate of drug-likeness (QED) is 0.526. The van der Waals surface area contributed by atoms with Gasteiger partial charge in [0.25, 0.3) is 0 Å². The standard InChI is InChI=1S/C18H23NO7S/c1-10-16(24-12(3)21)15(9-23-11(2)20)26-18(17(10)25-13(4)22)27-14-5-7-19-8-6-14/h5-8,10,15-18H,9H2,1-4H3/t10?,15?,16-,17?,18-/m1/s1. The highest BCUT2D eigenvalue weighted by Gasteiger charge is 2.48. The average Bonchev–Trinajstić information content (AvgIpc) is 2.59. The van der Waals surface area contributed by atoms with E-state index in [2.05, 4.69) is 4.98 Å². The van der Waals surface area contributed by atoms with Crippen molar-refractivity contribution >= 4 is 29.7 Å². The summed E-state index contributed by atoms with van der Waals surface area (Å²) in [6.07, 6.45) is 1.24. The Bertz CT molecular complexity index is 667. The molecular formula is C18H23NO7S. The molecule has 2 heterocycles. The number of nitrogens with zero attached hydrogens (tertiary/aromatic N) is 1. The van der Waals surface area contributed by atoms with Crippen LogP contribution in [0.25, 0.3) is 0 Å². The topological polar surface area (TPSA) is 101 Å². The van der Waals surface area contributed by atoms with E-state index in [9.17, 15) is 14.4 Å². The molecule has 1 aliphatic heterocycles. The van der Waals surface area contributed by atoms with Crippen LogP contribution in [0, 0.1) is 5.92 Å². The molecule has 0 spiro atoms. The van der Waals surface area contributed by atoms with E-state index < -0.39 is 41.7 Å². The maximum Gasteiger partial charge on any atom is 0.303 e. The van der Waals surface area contributed by atoms with E-state index in [0.717, 1.165) is 4.90 Å². The highest BCUT2D eigenvalue weighted by atomic mass is 32.2. The lowest BCUT2D eigenvalue weighted by Crippen LogP contribution is -2.56. The number of ether oxygens (including phenoxy) is 4. The lowest BCUT2D eigenvalue weighted by atomic mass is 9.91. The van der Waals surface area contributed by atoms with Crippen molar-refractivity contribution in [1.82, 2.24) is 4.98 Å². The number of thioether (sulfide) groups is 1. The van der Waals surface area contributed by atoms with Gasteiger partial charge in [0.05, 0.1) is 0 Å². The van der Waals surface area contributed by atoms with Gasteiger partial charge in [-0.15, -0.1) is 0 Å². The first kappa shape index (κ1) is 21.2. The van der Waals surface area contributed by atoms with Crippen LogP contribution in [0.5, 0.6) is 0 Å². The molecule has 0 aliphatic carbocycles. The van der Waals surface area contributed by atoms with Gasteiger partial charge in [-0.25, -0.2) is 0 Å². The third kappa shape index (κ3) is 6.21. The molecule has 5 atom stereocenters. The van der Waals surface area contributed by atoms with Crippen LogP contribution < -0.4 is 0 Å². The van der Waals surface area contributed by atoms with Crippen molar-refractivity contribution in [3.63, 3.8) is 0 Å². The van der Waals surface area contributed by atoms with E-state index in [1.54, 1.807) is 12.4 Å². The van der Waals surface area contributed by atoms with E-state index in [1.165, 1.54) is 32.5 Å². The molecular weight excluding hydrogens is 374 g/mol. The maximum atomic E-state index is 11.6. The SMILES string of the molecule is CC(=O)OCC1O[C@H](Sc2ccncc2)C(OC(C)=O)C(C)[C@H]1OC(C)=O. The van der Waals surface area contributed by atoms with Crippen molar-refractivity contribution in [3.05, 3.63) is 24.5 Å². The fourth-order valence-electron chi connectivity index (χ4n) is 2.81. The van der Waals surface area contributed by atoms with Gasteiger partial charge in [0.15, 0.2) is 0 Å². The summed E-state index contributed by atoms with van der Waals surface area (Å²) in [5.41, 5.74) is -0.571. The molecule has 0 saturated carbocycles. The molecule has 9 heteroatoms. The number of pyridine rings is 1. The lowest BCUT2D eigenvalue weighted by Gasteiger charge is -2.43. The highest BCUT2D eigenvalue weighted by molar-refractivity contribution is 7.99. The van der Waals surface area contributed by atoms with Crippen molar-refractivity contribution < 1.29 is 33.3 Å². The van der Waals surface area contributed by atoms with Crippen molar-refractivity contribution in [2.75, 3.05) is 6.61 Å². The Hall–Kier alpha value is -2.13. The van der Waals surface area contributed by atoms with Crippen LogP contribution in [-0.4, -0.2) is 53.2 Å². The molecule has 8 nitrogen and oxygen atoms in total. The van der Waals surface area contributed by atoms with Gasteiger partial charge in [0, 0.05) is 44.0 Å². The van der Waals surface area contributed by atoms with Gasteiger partial charge in [0.2, 0.25) is 0 Å². The molecule has 1 aromatic heterocycles. The summed E-state index contributed by atoms with van der Waals surface area (Å²) < 4.78 is 22.0. The fraction of sp³-hybridized carbons (Fsp3) is 0.556. The van der Waals surface area contributed by atoms with Crippen LogP contribution in [-0.2, 0) is 33.3 Å². The first-order chi connectivity index (χ1) is 12.8. The van der Waals surface area contributed by atoms with Gasteiger partial charge in [-0.3, -0.25) is 19.4 Å². The average molecular weight is 397 g/mol. The van der Waals surface area contributed by atoms with E-state index >= 15 is 0 Å². The van der Waals surface area contributed by atoms with Crippen LogP contribution in [0.4, 0.5) is 0 Å². The Morgan fingerprint density at radius 2 is 1.63 bits per heavy atom. The summed E-state index contributed by atoms with van der Waals surface area (Å²) in [6.45, 7) is 5.63. The minimum atomic E-state index is -0.722. The van der Waals surface area contributed by atoms with Gasteiger partial charge < -0.3 is 18.9 Å². The monoisotopic (exact) mass is 397 g/mol. The zero-order valence-electron chi connectivity index (χ0n) is 15.6. The summed E-state index contributed by atoms with van der Waals surface area (Å²) in [6, 6.07) is 3.62. The molecule has 1 fully saturated rings. The van der Waals surface area contributed by atoms with E-state index in [1.807, 2.05) is 19.1 Å². The molecule has 0 aromatic carbocycles. The van der Waals surface area contributed by atoms with Crippen LogP contribution in [0.1, 0.15) is 27.7 Å². The lowest BCUT2D eigenvalue weighted by molar-refractivity contribution is -0.212. The number of carbonyl (C=O) groups excluding carboxylic acids is 3. The van der Waals surface area contributed by atoms with Gasteiger partial charge in [-0.2, -0.15) is 0 Å². The molecule has 1 aliphatic rings. The first-order valence-corrected chi connectivity index (χ1v) is 9.36. The van der Waals surface area contributed by atoms with Crippen LogP contribution >= 0.6 is 11.8 Å². The summed E-state index contributed by atoms with van der Waals surface area (Å²) in [4.78, 5) is 39.2. The van der Waals surface area contributed by atoms with Gasteiger partial charge in [-0.05, 0) is 12.1 Å². The Morgan fingerprint density at radius 1 is 1.04 bits per heavy atom. The van der Waals surface area contributed by atoms with Crippen LogP contribution in [0.2, 0.25) is 0 Å². The normalized spacial score (nSPS) is 27.5. The Balaban J connectivity index is 2.27.